The van der Waals surface area contributed by atoms with Gasteiger partial charge >= 0.3 is 0 Å². The lowest BCUT2D eigenvalue weighted by molar-refractivity contribution is -0.127. The largest absolute Gasteiger partial charge is 0.490 e. The zero-order chi connectivity index (χ0) is 100. The van der Waals surface area contributed by atoms with Gasteiger partial charge in [0.1, 0.15) is 44.8 Å². The Bertz CT molecular complexity index is 6600. The van der Waals surface area contributed by atoms with Gasteiger partial charge in [-0.25, -0.2) is 37.5 Å². The molecule has 8 aliphatic heterocycles. The summed E-state index contributed by atoms with van der Waals surface area (Å²) in [5, 5.41) is 1.46. The number of hydrogen-bond acceptors (Lipinski definition) is 24. The predicted molar refractivity (Wildman–Crippen MR) is 538 cm³/mol. The van der Waals surface area contributed by atoms with Crippen molar-refractivity contribution in [3.63, 3.8) is 0 Å². The Morgan fingerprint density at radius 2 is 0.514 bits per heavy atom. The summed E-state index contributed by atoms with van der Waals surface area (Å²) in [5.74, 6) is -1.65. The van der Waals surface area contributed by atoms with Gasteiger partial charge in [-0.15, -0.1) is 0 Å². The molecular weight excluding hydrogens is 1980 g/mol. The molecule has 0 saturated carbocycles. The van der Waals surface area contributed by atoms with Crippen LogP contribution in [0.15, 0.2) is 143 Å². The first-order valence-corrected chi connectivity index (χ1v) is 47.1. The minimum Gasteiger partial charge on any atom is -0.490 e. The van der Waals surface area contributed by atoms with Gasteiger partial charge in [0.15, 0.2) is 46.3 Å². The van der Waals surface area contributed by atoms with E-state index >= 15 is 17.6 Å². The van der Waals surface area contributed by atoms with Crippen molar-refractivity contribution < 1.29 is 55.7 Å². The highest BCUT2D eigenvalue weighted by atomic mass is 35.5. The first-order chi connectivity index (χ1) is 66.9. The molecule has 4 atom stereocenters. The van der Waals surface area contributed by atoms with E-state index < -0.39 is 45.5 Å². The van der Waals surface area contributed by atoms with Crippen molar-refractivity contribution in [2.45, 2.75) is 77.5 Å². The standard InChI is InChI=1S/4C24H22Cl2FN5O3/c4*1-3-18(33)30-5-6-31-13(11-30)4-7-35-17-10-29-21-14(22(17)31)8-12(2)32(24(21)34)23-19(27)15(25)9-16(26)20(23)28/h4*3,8-10,13H,1,4-7,11,28H2,2H3/t4*13-/m1100/s1. The average Bonchev–Trinajstić information content (AvgIpc) is 1.02. The second kappa shape index (κ2) is 39.5. The number of piperazine rings is 4. The van der Waals surface area contributed by atoms with E-state index in [1.54, 1.807) is 71.6 Å². The summed E-state index contributed by atoms with van der Waals surface area (Å²) in [5.41, 5.74) is 25.8. The molecule has 4 saturated heterocycles. The Morgan fingerprint density at radius 3 is 0.700 bits per heavy atom. The maximum atomic E-state index is 15.0. The van der Waals surface area contributed by atoms with E-state index in [0.717, 1.165) is 41.0 Å². The molecule has 728 valence electrons. The minimum absolute atomic E-state index is 0.0120. The highest BCUT2D eigenvalue weighted by molar-refractivity contribution is 6.39. The topological polar surface area (TPSA) is 375 Å². The van der Waals surface area contributed by atoms with Gasteiger partial charge in [-0.2, -0.15) is 0 Å². The van der Waals surface area contributed by atoms with Crippen LogP contribution in [0.5, 0.6) is 23.0 Å². The summed E-state index contributed by atoms with van der Waals surface area (Å²) in [4.78, 5) is 137. The van der Waals surface area contributed by atoms with E-state index in [4.69, 9.17) is 135 Å². The summed E-state index contributed by atoms with van der Waals surface area (Å²) in [6.45, 7) is 29.0. The Balaban J connectivity index is 0.000000129. The number of benzene rings is 4. The molecule has 140 heavy (non-hydrogen) atoms. The van der Waals surface area contributed by atoms with Gasteiger partial charge in [0.25, 0.3) is 22.2 Å². The van der Waals surface area contributed by atoms with Crippen LogP contribution in [-0.4, -0.2) is 211 Å². The molecule has 0 radical (unpaired) electrons. The van der Waals surface area contributed by atoms with Gasteiger partial charge < -0.3 is 81.1 Å². The van der Waals surface area contributed by atoms with Gasteiger partial charge in [-0.3, -0.25) is 56.6 Å². The first-order valence-electron chi connectivity index (χ1n) is 44.1. The summed E-state index contributed by atoms with van der Waals surface area (Å²) in [6.07, 6.45) is 14.0. The smallest absolute Gasteiger partial charge is 0.282 e. The van der Waals surface area contributed by atoms with Crippen LogP contribution in [0.3, 0.4) is 0 Å². The number of nitrogens with zero attached hydrogens (tertiary/aromatic N) is 16. The van der Waals surface area contributed by atoms with Crippen molar-refractivity contribution in [2.24, 2.45) is 0 Å². The summed E-state index contributed by atoms with van der Waals surface area (Å²) in [7, 11) is 0. The molecule has 16 heterocycles. The van der Waals surface area contributed by atoms with Crippen LogP contribution in [0.4, 0.5) is 63.1 Å². The zero-order valence-electron chi connectivity index (χ0n) is 75.4. The maximum Gasteiger partial charge on any atom is 0.282 e. The maximum absolute atomic E-state index is 15.0. The number of carbonyl (C=O) groups excluding carboxylic acids is 4. The molecule has 4 aromatic carbocycles. The highest BCUT2D eigenvalue weighted by Crippen LogP contribution is 2.48. The fourth-order valence-electron chi connectivity index (χ4n) is 19.5. The average molecular weight is 2070 g/mol. The molecule has 0 unspecified atom stereocenters. The molecular formula is C96H88Cl8F4N20O12. The number of halogens is 12. The Morgan fingerprint density at radius 1 is 0.321 bits per heavy atom. The predicted octanol–water partition coefficient (Wildman–Crippen LogP) is 14.8. The molecule has 4 fully saturated rings. The fourth-order valence-corrected chi connectivity index (χ4v) is 21.3. The van der Waals surface area contributed by atoms with Gasteiger partial charge in [-0.05, 0) is 101 Å². The summed E-state index contributed by atoms with van der Waals surface area (Å²) < 4.78 is 88.7. The zero-order valence-corrected chi connectivity index (χ0v) is 81.5. The van der Waals surface area contributed by atoms with Gasteiger partial charge in [0.05, 0.1) is 161 Å². The first kappa shape index (κ1) is 98.4. The number of hydrogen-bond donors (Lipinski definition) is 4. The molecule has 0 spiro atoms. The lowest BCUT2D eigenvalue weighted by Gasteiger charge is -2.41. The molecule has 20 rings (SSSR count). The van der Waals surface area contributed by atoms with Crippen molar-refractivity contribution in [3.8, 4) is 45.7 Å². The number of nitrogens with two attached hydrogens (primary N) is 4. The Labute approximate surface area is 835 Å². The lowest BCUT2D eigenvalue weighted by Crippen LogP contribution is -2.54. The van der Waals surface area contributed by atoms with E-state index in [0.29, 0.717) is 198 Å². The molecule has 0 bridgehead atoms. The van der Waals surface area contributed by atoms with Gasteiger partial charge in [0.2, 0.25) is 23.6 Å². The van der Waals surface area contributed by atoms with Crippen molar-refractivity contribution in [1.82, 2.24) is 57.8 Å². The van der Waals surface area contributed by atoms with Crippen LogP contribution in [0, 0.1) is 51.0 Å². The van der Waals surface area contributed by atoms with Crippen LogP contribution in [0.25, 0.3) is 66.4 Å². The van der Waals surface area contributed by atoms with Crippen LogP contribution in [0.1, 0.15) is 48.5 Å². The van der Waals surface area contributed by atoms with Crippen molar-refractivity contribution >= 4 is 206 Å². The van der Waals surface area contributed by atoms with E-state index in [1.165, 1.54) is 73.4 Å². The van der Waals surface area contributed by atoms with E-state index in [1.807, 2.05) is 0 Å². The molecule has 8 aromatic heterocycles. The van der Waals surface area contributed by atoms with E-state index in [2.05, 4.69) is 65.9 Å². The molecule has 32 nitrogen and oxygen atoms in total. The van der Waals surface area contributed by atoms with Crippen LogP contribution in [-0.2, 0) is 19.2 Å². The van der Waals surface area contributed by atoms with E-state index in [-0.39, 0.29) is 156 Å². The third-order valence-electron chi connectivity index (χ3n) is 26.2. The number of aryl methyl sites for hydroxylation is 4. The van der Waals surface area contributed by atoms with Crippen LogP contribution in [0.2, 0.25) is 40.2 Å². The number of aromatic nitrogens is 8. The number of pyridine rings is 8. The van der Waals surface area contributed by atoms with E-state index in [9.17, 15) is 38.4 Å². The SMILES string of the molecule is C=CC(=O)N1CCN2c3c(cnc4c(=O)n(-c5c(N)c(Cl)cc(Cl)c5F)c(C)cc34)OCC[C@@H]2C1.C=CC(=O)N1CCN2c3c(cnc4c(=O)n(-c5c(N)c(Cl)cc(Cl)c5F)c(C)cc34)OCC[C@@H]2C1.C=CC(=O)N1CCN2c3c(cnc4c(=O)n(-c5c(N)c(Cl)cc(Cl)c5F)c(C)cc34)OCC[C@H]2C1.C=CC(=O)N1CCN2c3c(cnc4c(=O)n(-c5c(N)c(Cl)cc(Cl)c5F)c(C)cc34)OCC[C@H]2C1. The fraction of sp³-hybridized carbons (Fsp3) is 0.292. The normalized spacial score (nSPS) is 17.4. The summed E-state index contributed by atoms with van der Waals surface area (Å²) in [6, 6.07) is 11.8. The van der Waals surface area contributed by atoms with Crippen molar-refractivity contribution in [1.29, 1.82) is 0 Å². The number of nitrogen functional groups attached to an aromatic ring is 4. The number of anilines is 8. The molecule has 44 heteroatoms. The molecule has 4 amide bonds. The minimum atomic E-state index is -0.848. The van der Waals surface area contributed by atoms with Crippen LogP contribution >= 0.6 is 92.8 Å². The number of rotatable bonds is 8. The quantitative estimate of drug-likeness (QED) is 0.0475. The Kier molecular flexibility index (Phi) is 27.7. The summed E-state index contributed by atoms with van der Waals surface area (Å²) >= 11 is 48.5. The molecule has 0 aliphatic carbocycles. The number of ether oxygens (including phenoxy) is 4. The third kappa shape index (κ3) is 17.5. The lowest BCUT2D eigenvalue weighted by atomic mass is 10.1. The number of fused-ring (bicyclic) bond motifs is 20. The third-order valence-corrected chi connectivity index (χ3v) is 28.5. The molecule has 12 aromatic rings. The Hall–Kier alpha value is -13.2. The molecule has 8 aliphatic rings. The monoisotopic (exact) mass is 2070 g/mol. The van der Waals surface area contributed by atoms with Gasteiger partial charge in [0, 0.05) is 149 Å². The van der Waals surface area contributed by atoms with Crippen molar-refractivity contribution in [2.75, 3.05) is 147 Å². The van der Waals surface area contributed by atoms with Crippen LogP contribution < -0.4 is 83.7 Å². The second-order valence-corrected chi connectivity index (χ2v) is 37.5. The molecule has 8 N–H and O–H groups in total. The van der Waals surface area contributed by atoms with Gasteiger partial charge in [-0.1, -0.05) is 119 Å². The highest BCUT2D eigenvalue weighted by Gasteiger charge is 2.42. The van der Waals surface area contributed by atoms with Crippen molar-refractivity contribution in [3.05, 3.63) is 252 Å². The second-order valence-electron chi connectivity index (χ2n) is 34.2. The number of carbonyl (C=O) groups is 4. The number of amides is 4.